The second kappa shape index (κ2) is 6.72. The van der Waals surface area contributed by atoms with E-state index in [0.717, 1.165) is 41.9 Å². The number of halogens is 1. The van der Waals surface area contributed by atoms with Gasteiger partial charge in [-0.05, 0) is 44.6 Å². The van der Waals surface area contributed by atoms with Gasteiger partial charge in [-0.2, -0.15) is 0 Å². The summed E-state index contributed by atoms with van der Waals surface area (Å²) < 4.78 is 0.964. The Morgan fingerprint density at radius 3 is 2.70 bits per heavy atom. The third kappa shape index (κ3) is 3.23. The van der Waals surface area contributed by atoms with Crippen molar-refractivity contribution in [3.05, 3.63) is 28.2 Å². The molecule has 1 saturated heterocycles. The number of rotatable bonds is 5. The number of ketones is 1. The van der Waals surface area contributed by atoms with Crippen LogP contribution in [0.4, 0.5) is 5.69 Å². The van der Waals surface area contributed by atoms with Crippen molar-refractivity contribution in [2.45, 2.75) is 33.2 Å². The summed E-state index contributed by atoms with van der Waals surface area (Å²) in [7, 11) is 0. The number of nitrogens with zero attached hydrogens (tertiary/aromatic N) is 2. The summed E-state index contributed by atoms with van der Waals surface area (Å²) in [5.41, 5.74) is 1.90. The van der Waals surface area contributed by atoms with Crippen molar-refractivity contribution < 1.29 is 4.79 Å². The molecule has 1 aromatic carbocycles. The van der Waals surface area contributed by atoms with E-state index in [-0.39, 0.29) is 5.78 Å². The molecular weight excluding hydrogens is 316 g/mol. The maximum Gasteiger partial charge on any atom is 0.161 e. The fourth-order valence-corrected chi connectivity index (χ4v) is 3.43. The Morgan fingerprint density at radius 1 is 1.40 bits per heavy atom. The largest absolute Gasteiger partial charge is 0.369 e. The van der Waals surface area contributed by atoms with Gasteiger partial charge in [0, 0.05) is 34.9 Å². The van der Waals surface area contributed by atoms with Gasteiger partial charge in [-0.15, -0.1) is 0 Å². The molecule has 0 radical (unpaired) electrons. The topological polar surface area (TPSA) is 23.6 Å². The van der Waals surface area contributed by atoms with Gasteiger partial charge in [0.1, 0.15) is 0 Å². The van der Waals surface area contributed by atoms with Crippen molar-refractivity contribution >= 4 is 27.4 Å². The van der Waals surface area contributed by atoms with E-state index in [9.17, 15) is 4.79 Å². The van der Waals surface area contributed by atoms with Gasteiger partial charge in [-0.3, -0.25) is 9.69 Å². The van der Waals surface area contributed by atoms with Crippen molar-refractivity contribution in [1.29, 1.82) is 0 Å². The first kappa shape index (κ1) is 15.5. The highest BCUT2D eigenvalue weighted by molar-refractivity contribution is 9.10. The standard InChI is InChI=1S/C16H23BrN2O/c1-4-18(5-2)14-8-9-19(11-14)16-7-6-13(17)10-15(16)12(3)20/h6-7,10,14H,4-5,8-9,11H2,1-3H3. The summed E-state index contributed by atoms with van der Waals surface area (Å²) in [6.07, 6.45) is 1.18. The predicted octanol–water partition coefficient (Wildman–Crippen LogP) is 3.57. The smallest absolute Gasteiger partial charge is 0.161 e. The molecule has 0 saturated carbocycles. The molecule has 1 unspecified atom stereocenters. The van der Waals surface area contributed by atoms with E-state index in [1.54, 1.807) is 6.92 Å². The van der Waals surface area contributed by atoms with E-state index in [2.05, 4.69) is 45.6 Å². The van der Waals surface area contributed by atoms with Gasteiger partial charge in [-0.1, -0.05) is 29.8 Å². The van der Waals surface area contributed by atoms with E-state index in [1.807, 2.05) is 12.1 Å². The molecule has 110 valence electrons. The Bertz CT molecular complexity index is 485. The second-order valence-electron chi connectivity index (χ2n) is 5.33. The molecule has 0 aromatic heterocycles. The van der Waals surface area contributed by atoms with Crippen LogP contribution in [0.2, 0.25) is 0 Å². The summed E-state index contributed by atoms with van der Waals surface area (Å²) in [6, 6.07) is 6.62. The Balaban J connectivity index is 2.20. The molecule has 1 atom stereocenters. The summed E-state index contributed by atoms with van der Waals surface area (Å²) in [5, 5.41) is 0. The maximum absolute atomic E-state index is 11.8. The molecule has 20 heavy (non-hydrogen) atoms. The average molecular weight is 339 g/mol. The Hall–Kier alpha value is -0.870. The highest BCUT2D eigenvalue weighted by atomic mass is 79.9. The van der Waals surface area contributed by atoms with Gasteiger partial charge in [0.25, 0.3) is 0 Å². The zero-order valence-electron chi connectivity index (χ0n) is 12.5. The van der Waals surface area contributed by atoms with Crippen molar-refractivity contribution in [2.75, 3.05) is 31.1 Å². The molecule has 0 spiro atoms. The van der Waals surface area contributed by atoms with Crippen LogP contribution in [0.5, 0.6) is 0 Å². The summed E-state index contributed by atoms with van der Waals surface area (Å²) >= 11 is 3.45. The lowest BCUT2D eigenvalue weighted by molar-refractivity contribution is 0.101. The van der Waals surface area contributed by atoms with Crippen LogP contribution in [0.1, 0.15) is 37.6 Å². The van der Waals surface area contributed by atoms with Crippen molar-refractivity contribution in [3.8, 4) is 0 Å². The molecule has 1 aromatic rings. The maximum atomic E-state index is 11.8. The first-order valence-electron chi connectivity index (χ1n) is 7.36. The third-order valence-corrected chi connectivity index (χ3v) is 4.66. The molecule has 4 heteroatoms. The molecule has 0 bridgehead atoms. The van der Waals surface area contributed by atoms with Gasteiger partial charge in [0.2, 0.25) is 0 Å². The van der Waals surface area contributed by atoms with Gasteiger partial charge in [-0.25, -0.2) is 0 Å². The fraction of sp³-hybridized carbons (Fsp3) is 0.562. The van der Waals surface area contributed by atoms with Gasteiger partial charge >= 0.3 is 0 Å². The van der Waals surface area contributed by atoms with Crippen molar-refractivity contribution in [3.63, 3.8) is 0 Å². The number of benzene rings is 1. The lowest BCUT2D eigenvalue weighted by Crippen LogP contribution is -2.37. The van der Waals surface area contributed by atoms with Crippen LogP contribution in [0.15, 0.2) is 22.7 Å². The van der Waals surface area contributed by atoms with E-state index in [4.69, 9.17) is 0 Å². The number of hydrogen-bond acceptors (Lipinski definition) is 3. The monoisotopic (exact) mass is 338 g/mol. The molecule has 0 aliphatic carbocycles. The summed E-state index contributed by atoms with van der Waals surface area (Å²) in [5.74, 6) is 0.132. The second-order valence-corrected chi connectivity index (χ2v) is 6.24. The van der Waals surface area contributed by atoms with Gasteiger partial charge < -0.3 is 4.90 Å². The number of Topliss-reactive ketones (excluding diaryl/α,β-unsaturated/α-hetero) is 1. The normalized spacial score (nSPS) is 18.9. The first-order valence-corrected chi connectivity index (χ1v) is 8.15. The molecule has 0 N–H and O–H groups in total. The molecule has 3 nitrogen and oxygen atoms in total. The number of carbonyl (C=O) groups excluding carboxylic acids is 1. The molecule has 1 aliphatic rings. The summed E-state index contributed by atoms with van der Waals surface area (Å²) in [6.45, 7) is 10.3. The average Bonchev–Trinajstić information content (AvgIpc) is 2.89. The van der Waals surface area contributed by atoms with Gasteiger partial charge in [0.15, 0.2) is 5.78 Å². The molecular formula is C16H23BrN2O. The van der Waals surface area contributed by atoms with E-state index >= 15 is 0 Å². The van der Waals surface area contributed by atoms with Crippen molar-refractivity contribution in [1.82, 2.24) is 4.90 Å². The molecule has 0 amide bonds. The van der Waals surface area contributed by atoms with Gasteiger partial charge in [0.05, 0.1) is 0 Å². The van der Waals surface area contributed by atoms with Crippen LogP contribution in [-0.4, -0.2) is 42.9 Å². The van der Waals surface area contributed by atoms with E-state index in [0.29, 0.717) is 6.04 Å². The number of anilines is 1. The zero-order chi connectivity index (χ0) is 14.7. The van der Waals surface area contributed by atoms with Crippen LogP contribution in [-0.2, 0) is 0 Å². The van der Waals surface area contributed by atoms with Crippen LogP contribution in [0.25, 0.3) is 0 Å². The van der Waals surface area contributed by atoms with Crippen molar-refractivity contribution in [2.24, 2.45) is 0 Å². The van der Waals surface area contributed by atoms with Crippen LogP contribution in [0, 0.1) is 0 Å². The van der Waals surface area contributed by atoms with E-state index in [1.165, 1.54) is 6.42 Å². The number of hydrogen-bond donors (Lipinski definition) is 0. The summed E-state index contributed by atoms with van der Waals surface area (Å²) in [4.78, 5) is 16.7. The number of likely N-dealkylation sites (N-methyl/N-ethyl adjacent to an activating group) is 1. The SMILES string of the molecule is CCN(CC)C1CCN(c2ccc(Br)cc2C(C)=O)C1. The minimum absolute atomic E-state index is 0.132. The Morgan fingerprint density at radius 2 is 2.10 bits per heavy atom. The van der Waals surface area contributed by atoms with Crippen LogP contribution >= 0.6 is 15.9 Å². The molecule has 1 fully saturated rings. The lowest BCUT2D eigenvalue weighted by Gasteiger charge is -2.27. The zero-order valence-corrected chi connectivity index (χ0v) is 14.1. The van der Waals surface area contributed by atoms with Crippen LogP contribution in [0.3, 0.4) is 0 Å². The third-order valence-electron chi connectivity index (χ3n) is 4.17. The molecule has 1 heterocycles. The lowest BCUT2D eigenvalue weighted by atomic mass is 10.1. The first-order chi connectivity index (χ1) is 9.56. The quantitative estimate of drug-likeness (QED) is 0.766. The van der Waals surface area contributed by atoms with Crippen LogP contribution < -0.4 is 4.90 Å². The molecule has 1 aliphatic heterocycles. The number of carbonyl (C=O) groups is 1. The van der Waals surface area contributed by atoms with E-state index < -0.39 is 0 Å². The fourth-order valence-electron chi connectivity index (χ4n) is 3.06. The Kier molecular flexibility index (Phi) is 5.22. The highest BCUT2D eigenvalue weighted by Gasteiger charge is 2.27. The minimum atomic E-state index is 0.132. The minimum Gasteiger partial charge on any atom is -0.369 e. The predicted molar refractivity (Wildman–Crippen MR) is 87.7 cm³/mol. The highest BCUT2D eigenvalue weighted by Crippen LogP contribution is 2.29. The molecule has 2 rings (SSSR count). The Labute approximate surface area is 130 Å².